The molecule has 0 heterocycles. The van der Waals surface area contributed by atoms with Crippen LogP contribution in [-0.2, 0) is 40.0 Å². The number of rotatable bonds is 12. The summed E-state index contributed by atoms with van der Waals surface area (Å²) in [5.74, 6) is 0.487. The van der Waals surface area contributed by atoms with Crippen LogP contribution in [0.2, 0.25) is 0 Å². The van der Waals surface area contributed by atoms with Crippen molar-refractivity contribution in [2.45, 2.75) is 58.1 Å². The SMILES string of the molecule is CCCc1ccc2c(c1)C(N(C)CCOc1ccc(CC(OC)C(=O)OCC)cc1)c1ccccc1CC2. The maximum atomic E-state index is 12.0. The molecule has 1 aliphatic carbocycles. The monoisotopic (exact) mass is 515 g/mol. The number of methoxy groups -OCH3 is 1. The molecule has 2 unspecified atom stereocenters. The average Bonchev–Trinajstić information content (AvgIpc) is 3.09. The Morgan fingerprint density at radius 1 is 0.947 bits per heavy atom. The number of fused-ring (bicyclic) bond motifs is 2. The smallest absolute Gasteiger partial charge is 0.335 e. The second kappa shape index (κ2) is 13.6. The minimum absolute atomic E-state index is 0.209. The lowest BCUT2D eigenvalue weighted by atomic mass is 9.91. The highest BCUT2D eigenvalue weighted by Crippen LogP contribution is 2.36. The first-order valence-electron chi connectivity index (χ1n) is 13.8. The van der Waals surface area contributed by atoms with E-state index in [1.165, 1.54) is 34.9 Å². The van der Waals surface area contributed by atoms with Gasteiger partial charge in [0.1, 0.15) is 12.4 Å². The molecule has 0 saturated carbocycles. The van der Waals surface area contributed by atoms with Gasteiger partial charge in [-0.05, 0) is 78.7 Å². The first-order chi connectivity index (χ1) is 18.5. The molecule has 0 spiro atoms. The second-order valence-electron chi connectivity index (χ2n) is 10.0. The lowest BCUT2D eigenvalue weighted by Gasteiger charge is -2.30. The molecule has 202 valence electrons. The molecular formula is C33H41NO4. The Kier molecular flexibility index (Phi) is 9.97. The fourth-order valence-corrected chi connectivity index (χ4v) is 5.38. The Labute approximate surface area is 227 Å². The maximum Gasteiger partial charge on any atom is 0.335 e. The Bertz CT molecular complexity index is 1190. The van der Waals surface area contributed by atoms with E-state index in [9.17, 15) is 4.79 Å². The molecule has 3 aromatic rings. The van der Waals surface area contributed by atoms with E-state index in [-0.39, 0.29) is 12.0 Å². The molecule has 0 amide bonds. The van der Waals surface area contributed by atoms with E-state index in [0.717, 1.165) is 43.5 Å². The minimum Gasteiger partial charge on any atom is -0.492 e. The summed E-state index contributed by atoms with van der Waals surface area (Å²) in [5, 5.41) is 0. The van der Waals surface area contributed by atoms with Gasteiger partial charge in [-0.2, -0.15) is 0 Å². The zero-order valence-corrected chi connectivity index (χ0v) is 23.2. The van der Waals surface area contributed by atoms with Crippen molar-refractivity contribution in [3.63, 3.8) is 0 Å². The molecule has 38 heavy (non-hydrogen) atoms. The van der Waals surface area contributed by atoms with Gasteiger partial charge in [-0.15, -0.1) is 0 Å². The van der Waals surface area contributed by atoms with E-state index in [2.05, 4.69) is 61.3 Å². The summed E-state index contributed by atoms with van der Waals surface area (Å²) in [5.41, 5.74) is 8.14. The van der Waals surface area contributed by atoms with Gasteiger partial charge in [-0.3, -0.25) is 4.90 Å². The molecule has 0 bridgehead atoms. The van der Waals surface area contributed by atoms with Gasteiger partial charge in [0, 0.05) is 20.1 Å². The predicted octanol–water partition coefficient (Wildman–Crippen LogP) is 5.96. The molecule has 0 aliphatic heterocycles. The van der Waals surface area contributed by atoms with Crippen molar-refractivity contribution in [3.05, 3.63) is 100 Å². The zero-order valence-electron chi connectivity index (χ0n) is 23.2. The van der Waals surface area contributed by atoms with Crippen LogP contribution >= 0.6 is 0 Å². The summed E-state index contributed by atoms with van der Waals surface area (Å²) in [6.45, 7) is 5.77. The summed E-state index contributed by atoms with van der Waals surface area (Å²) in [6, 6.07) is 24.1. The number of benzene rings is 3. The highest BCUT2D eigenvalue weighted by atomic mass is 16.6. The molecule has 5 nitrogen and oxygen atoms in total. The topological polar surface area (TPSA) is 48.0 Å². The third-order valence-electron chi connectivity index (χ3n) is 7.39. The van der Waals surface area contributed by atoms with Crippen LogP contribution in [0.25, 0.3) is 0 Å². The lowest BCUT2D eigenvalue weighted by molar-refractivity contribution is -0.154. The van der Waals surface area contributed by atoms with Crippen molar-refractivity contribution < 1.29 is 19.0 Å². The summed E-state index contributed by atoms with van der Waals surface area (Å²) in [7, 11) is 3.74. The van der Waals surface area contributed by atoms with E-state index in [1.807, 2.05) is 24.3 Å². The van der Waals surface area contributed by atoms with Crippen molar-refractivity contribution in [2.75, 3.05) is 33.9 Å². The molecule has 0 saturated heterocycles. The van der Waals surface area contributed by atoms with Crippen LogP contribution in [0.1, 0.15) is 59.7 Å². The van der Waals surface area contributed by atoms with Crippen LogP contribution in [0.3, 0.4) is 0 Å². The number of aryl methyl sites for hydroxylation is 3. The molecule has 0 N–H and O–H groups in total. The predicted molar refractivity (Wildman–Crippen MR) is 152 cm³/mol. The molecule has 0 fully saturated rings. The van der Waals surface area contributed by atoms with Gasteiger partial charge in [0.25, 0.3) is 0 Å². The first-order valence-corrected chi connectivity index (χ1v) is 13.8. The third-order valence-corrected chi connectivity index (χ3v) is 7.39. The van der Waals surface area contributed by atoms with Crippen molar-refractivity contribution in [1.82, 2.24) is 4.90 Å². The van der Waals surface area contributed by atoms with Gasteiger partial charge >= 0.3 is 5.97 Å². The van der Waals surface area contributed by atoms with Crippen LogP contribution in [0.4, 0.5) is 0 Å². The molecule has 2 atom stereocenters. The number of nitrogens with zero attached hydrogens (tertiary/aromatic N) is 1. The lowest BCUT2D eigenvalue weighted by Crippen LogP contribution is -2.30. The fraction of sp³-hybridized carbons (Fsp3) is 0.424. The number of ether oxygens (including phenoxy) is 3. The molecular weight excluding hydrogens is 474 g/mol. The number of likely N-dealkylation sites (N-methyl/N-ethyl adjacent to an activating group) is 1. The van der Waals surface area contributed by atoms with E-state index in [4.69, 9.17) is 14.2 Å². The largest absolute Gasteiger partial charge is 0.492 e. The summed E-state index contributed by atoms with van der Waals surface area (Å²) >= 11 is 0. The highest BCUT2D eigenvalue weighted by molar-refractivity contribution is 5.75. The summed E-state index contributed by atoms with van der Waals surface area (Å²) < 4.78 is 16.6. The average molecular weight is 516 g/mol. The molecule has 1 aliphatic rings. The fourth-order valence-electron chi connectivity index (χ4n) is 5.38. The number of carbonyl (C=O) groups is 1. The van der Waals surface area contributed by atoms with Gasteiger partial charge < -0.3 is 14.2 Å². The molecule has 0 radical (unpaired) electrons. The number of hydrogen-bond donors (Lipinski definition) is 0. The number of carbonyl (C=O) groups excluding carboxylic acids is 1. The molecule has 3 aromatic carbocycles. The summed E-state index contributed by atoms with van der Waals surface area (Å²) in [4.78, 5) is 14.5. The van der Waals surface area contributed by atoms with Crippen LogP contribution in [0.15, 0.2) is 66.7 Å². The van der Waals surface area contributed by atoms with Crippen molar-refractivity contribution in [1.29, 1.82) is 0 Å². The third kappa shape index (κ3) is 6.83. The maximum absolute atomic E-state index is 12.0. The Balaban J connectivity index is 1.43. The van der Waals surface area contributed by atoms with Crippen LogP contribution in [-0.4, -0.2) is 50.9 Å². The quantitative estimate of drug-likeness (QED) is 0.279. The first kappa shape index (κ1) is 27.9. The van der Waals surface area contributed by atoms with Crippen molar-refractivity contribution in [3.8, 4) is 5.75 Å². The van der Waals surface area contributed by atoms with Crippen molar-refractivity contribution >= 4 is 5.97 Å². The van der Waals surface area contributed by atoms with Crippen molar-refractivity contribution in [2.24, 2.45) is 0 Å². The second-order valence-corrected chi connectivity index (χ2v) is 10.0. The van der Waals surface area contributed by atoms with Gasteiger partial charge in [0.2, 0.25) is 0 Å². The standard InChI is InChI=1S/C33H41NO4/c1-5-9-24-12-15-27-17-16-26-10-7-8-11-29(26)32(30(27)22-24)34(3)20-21-38-28-18-13-25(14-19-28)23-31(36-4)33(35)37-6-2/h7-8,10-15,18-19,22,31-32H,5-6,9,16-17,20-21,23H2,1-4H3. The number of hydrogen-bond acceptors (Lipinski definition) is 5. The molecule has 5 heteroatoms. The van der Waals surface area contributed by atoms with E-state index in [1.54, 1.807) is 6.92 Å². The van der Waals surface area contributed by atoms with Gasteiger partial charge in [0.15, 0.2) is 6.10 Å². The van der Waals surface area contributed by atoms with Gasteiger partial charge in [-0.1, -0.05) is 67.9 Å². The molecule has 0 aromatic heterocycles. The Hall–Kier alpha value is -3.15. The van der Waals surface area contributed by atoms with Crippen LogP contribution in [0.5, 0.6) is 5.75 Å². The number of esters is 1. The van der Waals surface area contributed by atoms with Gasteiger partial charge in [0.05, 0.1) is 12.6 Å². The summed E-state index contributed by atoms with van der Waals surface area (Å²) in [6.07, 6.45) is 4.28. The van der Waals surface area contributed by atoms with E-state index < -0.39 is 6.10 Å². The van der Waals surface area contributed by atoms with Crippen LogP contribution in [0, 0.1) is 0 Å². The molecule has 4 rings (SSSR count). The van der Waals surface area contributed by atoms with Crippen LogP contribution < -0.4 is 4.74 Å². The van der Waals surface area contributed by atoms with Gasteiger partial charge in [-0.25, -0.2) is 4.79 Å². The Morgan fingerprint density at radius 2 is 1.66 bits per heavy atom. The highest BCUT2D eigenvalue weighted by Gasteiger charge is 2.27. The Morgan fingerprint density at radius 3 is 2.37 bits per heavy atom. The zero-order chi connectivity index (χ0) is 26.9. The minimum atomic E-state index is -0.599. The van der Waals surface area contributed by atoms with E-state index >= 15 is 0 Å². The van der Waals surface area contributed by atoms with E-state index in [0.29, 0.717) is 19.6 Å². The normalized spacial score (nSPS) is 15.3.